The van der Waals surface area contributed by atoms with Gasteiger partial charge in [0.25, 0.3) is 0 Å². The smallest absolute Gasteiger partial charge is 0.370 e. The van der Waals surface area contributed by atoms with Crippen LogP contribution in [0.5, 0.6) is 0 Å². The minimum atomic E-state index is -3.89. The normalized spacial score (nSPS) is 24.1. The summed E-state index contributed by atoms with van der Waals surface area (Å²) in [6.45, 7) is 1.48. The van der Waals surface area contributed by atoms with Crippen LogP contribution in [0.2, 0.25) is 0 Å². The van der Waals surface area contributed by atoms with Gasteiger partial charge in [-0.15, -0.1) is 4.40 Å². The SMILES string of the molecule is O=S1(=O)N=C(N2CCCCC2)OC(C(Br)(Br)Br)=N1. The molecule has 1 fully saturated rings. The quantitative estimate of drug-likeness (QED) is 0.513. The van der Waals surface area contributed by atoms with Gasteiger partial charge in [-0.05, 0) is 67.1 Å². The minimum Gasteiger partial charge on any atom is -0.406 e. The van der Waals surface area contributed by atoms with Crippen molar-refractivity contribution in [1.29, 1.82) is 0 Å². The van der Waals surface area contributed by atoms with Gasteiger partial charge < -0.3 is 9.64 Å². The molecule has 0 aromatic rings. The van der Waals surface area contributed by atoms with Crippen molar-refractivity contribution < 1.29 is 13.2 Å². The van der Waals surface area contributed by atoms with Crippen LogP contribution in [0.15, 0.2) is 8.80 Å². The van der Waals surface area contributed by atoms with E-state index in [9.17, 15) is 8.42 Å². The molecule has 6 nitrogen and oxygen atoms in total. The molecule has 0 radical (unpaired) electrons. The molecule has 0 atom stereocenters. The highest BCUT2D eigenvalue weighted by atomic mass is 80.0. The number of ether oxygens (including phenoxy) is 1. The number of alkyl halides is 3. The molecular weight excluding hydrogens is 458 g/mol. The first-order valence-corrected chi connectivity index (χ1v) is 9.00. The summed E-state index contributed by atoms with van der Waals surface area (Å²) >= 11 is 9.55. The first-order chi connectivity index (χ1) is 8.28. The summed E-state index contributed by atoms with van der Waals surface area (Å²) in [7, 11) is -3.89. The van der Waals surface area contributed by atoms with E-state index in [4.69, 9.17) is 4.74 Å². The minimum absolute atomic E-state index is 0.0435. The molecule has 0 unspecified atom stereocenters. The van der Waals surface area contributed by atoms with Crippen molar-refractivity contribution in [3.05, 3.63) is 0 Å². The summed E-state index contributed by atoms with van der Waals surface area (Å²) in [4.78, 5) is 1.81. The van der Waals surface area contributed by atoms with Gasteiger partial charge in [-0.3, -0.25) is 0 Å². The van der Waals surface area contributed by atoms with E-state index in [1.165, 1.54) is 0 Å². The van der Waals surface area contributed by atoms with Crippen molar-refractivity contribution in [2.75, 3.05) is 13.1 Å². The summed E-state index contributed by atoms with van der Waals surface area (Å²) in [5.41, 5.74) is 0. The number of likely N-dealkylation sites (tertiary alicyclic amines) is 1. The highest BCUT2D eigenvalue weighted by Gasteiger charge is 2.36. The lowest BCUT2D eigenvalue weighted by Gasteiger charge is -2.30. The number of amidine groups is 1. The molecule has 0 N–H and O–H groups in total. The van der Waals surface area contributed by atoms with Crippen LogP contribution in [0.25, 0.3) is 0 Å². The van der Waals surface area contributed by atoms with Crippen molar-refractivity contribution in [3.63, 3.8) is 0 Å². The predicted octanol–water partition coefficient (Wildman–Crippen LogP) is 2.34. The molecule has 2 aliphatic rings. The third-order valence-corrected chi connectivity index (χ3v) is 4.25. The van der Waals surface area contributed by atoms with E-state index in [1.807, 2.05) is 4.90 Å². The van der Waals surface area contributed by atoms with Crippen molar-refractivity contribution >= 4 is 69.9 Å². The van der Waals surface area contributed by atoms with Crippen LogP contribution in [0.4, 0.5) is 0 Å². The lowest BCUT2D eigenvalue weighted by molar-refractivity contribution is 0.287. The number of nitrogens with zero attached hydrogens (tertiary/aromatic N) is 3. The summed E-state index contributed by atoms with van der Waals surface area (Å²) < 4.78 is 34.6. The van der Waals surface area contributed by atoms with Gasteiger partial charge in [0.05, 0.1) is 0 Å². The summed E-state index contributed by atoms with van der Waals surface area (Å²) in [5.74, 6) is -0.0435. The highest BCUT2D eigenvalue weighted by Crippen LogP contribution is 2.37. The van der Waals surface area contributed by atoms with Crippen molar-refractivity contribution in [1.82, 2.24) is 4.90 Å². The third kappa shape index (κ3) is 3.67. The maximum Gasteiger partial charge on any atom is 0.370 e. The molecule has 1 saturated heterocycles. The fourth-order valence-electron chi connectivity index (χ4n) is 1.66. The maximum atomic E-state index is 11.6. The van der Waals surface area contributed by atoms with E-state index in [2.05, 4.69) is 56.6 Å². The highest BCUT2D eigenvalue weighted by molar-refractivity contribution is 9.40. The van der Waals surface area contributed by atoms with E-state index >= 15 is 0 Å². The predicted molar refractivity (Wildman–Crippen MR) is 79.8 cm³/mol. The van der Waals surface area contributed by atoms with Crippen LogP contribution >= 0.6 is 47.8 Å². The Morgan fingerprint density at radius 1 is 1.11 bits per heavy atom. The molecule has 0 amide bonds. The largest absolute Gasteiger partial charge is 0.406 e. The Bertz CT molecular complexity index is 491. The molecule has 0 spiro atoms. The molecule has 10 heteroatoms. The molecule has 102 valence electrons. The number of rotatable bonds is 0. The Balaban J connectivity index is 2.26. The van der Waals surface area contributed by atoms with Gasteiger partial charge >= 0.3 is 16.2 Å². The second-order valence-corrected chi connectivity index (χ2v) is 11.9. The van der Waals surface area contributed by atoms with Crippen LogP contribution < -0.4 is 0 Å². The van der Waals surface area contributed by atoms with Gasteiger partial charge in [-0.1, -0.05) is 4.40 Å². The molecule has 2 heterocycles. The Morgan fingerprint density at radius 3 is 2.28 bits per heavy atom. The summed E-state index contributed by atoms with van der Waals surface area (Å²) in [6, 6.07) is 0.0856. The topological polar surface area (TPSA) is 71.3 Å². The van der Waals surface area contributed by atoms with Gasteiger partial charge in [0.1, 0.15) is 0 Å². The number of piperidine rings is 1. The van der Waals surface area contributed by atoms with E-state index in [1.54, 1.807) is 0 Å². The average Bonchev–Trinajstić information content (AvgIpc) is 2.27. The Kier molecular flexibility index (Phi) is 4.40. The Morgan fingerprint density at radius 2 is 1.72 bits per heavy atom. The first-order valence-electron chi connectivity index (χ1n) is 5.23. The molecule has 2 rings (SSSR count). The summed E-state index contributed by atoms with van der Waals surface area (Å²) in [6.07, 6.45) is 3.13. The van der Waals surface area contributed by atoms with Gasteiger partial charge in [0.15, 0.2) is 0 Å². The molecule has 0 aromatic carbocycles. The van der Waals surface area contributed by atoms with Crippen LogP contribution in [-0.2, 0) is 14.9 Å². The van der Waals surface area contributed by atoms with E-state index in [0.717, 1.165) is 32.4 Å². The summed E-state index contributed by atoms with van der Waals surface area (Å²) in [5, 5.41) is 0. The molecule has 0 bridgehead atoms. The zero-order valence-electron chi connectivity index (χ0n) is 9.14. The average molecular weight is 468 g/mol. The standard InChI is InChI=1S/C8H10Br3N3O3S/c9-8(10,11)6-12-18(15,16)13-7(17-6)14-4-2-1-3-5-14/h1-5H2. The Labute approximate surface area is 130 Å². The molecule has 0 aliphatic carbocycles. The van der Waals surface area contributed by atoms with Crippen LogP contribution in [0, 0.1) is 0 Å². The second-order valence-electron chi connectivity index (χ2n) is 3.87. The van der Waals surface area contributed by atoms with Crippen LogP contribution in [0.3, 0.4) is 0 Å². The van der Waals surface area contributed by atoms with E-state index < -0.39 is 12.4 Å². The molecule has 0 aromatic heterocycles. The zero-order valence-corrected chi connectivity index (χ0v) is 14.7. The van der Waals surface area contributed by atoms with Crippen LogP contribution in [-0.4, -0.2) is 40.5 Å². The molecular formula is C8H10Br3N3O3S. The number of halogens is 3. The second kappa shape index (κ2) is 5.37. The lowest BCUT2D eigenvalue weighted by Crippen LogP contribution is -2.42. The van der Waals surface area contributed by atoms with Gasteiger partial charge in [-0.25, -0.2) is 0 Å². The molecule has 0 saturated carbocycles. The zero-order chi connectivity index (χ0) is 13.4. The lowest BCUT2D eigenvalue weighted by atomic mass is 10.1. The monoisotopic (exact) mass is 465 g/mol. The van der Waals surface area contributed by atoms with Gasteiger partial charge in [-0.2, -0.15) is 8.42 Å². The fraction of sp³-hybridized carbons (Fsp3) is 0.750. The van der Waals surface area contributed by atoms with Crippen molar-refractivity contribution in [2.45, 2.75) is 21.4 Å². The first kappa shape index (κ1) is 14.7. The molecule has 2 aliphatic heterocycles. The third-order valence-electron chi connectivity index (χ3n) is 2.45. The van der Waals surface area contributed by atoms with Crippen LogP contribution in [0.1, 0.15) is 19.3 Å². The van der Waals surface area contributed by atoms with Crippen molar-refractivity contribution in [3.8, 4) is 0 Å². The van der Waals surface area contributed by atoms with Crippen molar-refractivity contribution in [2.24, 2.45) is 8.80 Å². The molecule has 18 heavy (non-hydrogen) atoms. The number of hydrogen-bond donors (Lipinski definition) is 0. The van der Waals surface area contributed by atoms with Gasteiger partial charge in [0.2, 0.25) is 8.04 Å². The Hall–Kier alpha value is 0.330. The van der Waals surface area contributed by atoms with E-state index in [-0.39, 0.29) is 11.9 Å². The fourth-order valence-corrected chi connectivity index (χ4v) is 3.30. The van der Waals surface area contributed by atoms with E-state index in [0.29, 0.717) is 0 Å². The van der Waals surface area contributed by atoms with Gasteiger partial charge in [0, 0.05) is 13.1 Å². The maximum absolute atomic E-state index is 11.6. The number of hydrogen-bond acceptors (Lipinski definition) is 4.